The Balaban J connectivity index is 3.55. The Bertz CT molecular complexity index is 182. The summed E-state index contributed by atoms with van der Waals surface area (Å²) in [5.74, 6) is -0.138. The first-order valence-electron chi connectivity index (χ1n) is 4.08. The fourth-order valence-electron chi connectivity index (χ4n) is 0.829. The van der Waals surface area contributed by atoms with E-state index >= 15 is 0 Å². The summed E-state index contributed by atoms with van der Waals surface area (Å²) in [7, 11) is 1.69. The van der Waals surface area contributed by atoms with Crippen LogP contribution in [0.4, 0.5) is 0 Å². The van der Waals surface area contributed by atoms with Crippen molar-refractivity contribution in [2.24, 2.45) is 11.5 Å². The molecule has 0 radical (unpaired) electrons. The fraction of sp³-hybridized carbons (Fsp3) is 0.714. The Kier molecular flexibility index (Phi) is 5.82. The summed E-state index contributed by atoms with van der Waals surface area (Å²) in [5, 5.41) is 12.2. The van der Waals surface area contributed by atoms with E-state index in [0.717, 1.165) is 0 Å². The maximum Gasteiger partial charge on any atom is 0.185 e. The topological polar surface area (TPSA) is 117 Å². The summed E-state index contributed by atoms with van der Waals surface area (Å²) in [6.45, 7) is 0.729. The average molecular weight is 187 g/mol. The van der Waals surface area contributed by atoms with Gasteiger partial charge in [-0.25, -0.2) is 0 Å². The summed E-state index contributed by atoms with van der Waals surface area (Å²) in [4.78, 5) is 11.1. The minimum absolute atomic E-state index is 0.0344. The molecular weight excluding hydrogens is 170 g/mol. The van der Waals surface area contributed by atoms with Crippen molar-refractivity contribution in [2.75, 3.05) is 20.1 Å². The van der Waals surface area contributed by atoms with Crippen molar-refractivity contribution in [3.05, 3.63) is 0 Å². The van der Waals surface area contributed by atoms with Gasteiger partial charge in [-0.3, -0.25) is 10.2 Å². The SMILES string of the molecule is CNCC(=O)[C@H](N)CCNC(=N)N. The smallest absolute Gasteiger partial charge is 0.185 e. The molecule has 0 heterocycles. The van der Waals surface area contributed by atoms with Gasteiger partial charge in [0.25, 0.3) is 0 Å². The van der Waals surface area contributed by atoms with Crippen LogP contribution in [-0.4, -0.2) is 37.9 Å². The van der Waals surface area contributed by atoms with E-state index in [-0.39, 0.29) is 18.3 Å². The highest BCUT2D eigenvalue weighted by Gasteiger charge is 2.11. The predicted molar refractivity (Wildman–Crippen MR) is 51.4 cm³/mol. The van der Waals surface area contributed by atoms with E-state index in [9.17, 15) is 4.79 Å². The van der Waals surface area contributed by atoms with Crippen LogP contribution in [0, 0.1) is 5.41 Å². The summed E-state index contributed by atoms with van der Waals surface area (Å²) in [5.41, 5.74) is 10.6. The highest BCUT2D eigenvalue weighted by molar-refractivity contribution is 5.85. The van der Waals surface area contributed by atoms with Crippen molar-refractivity contribution >= 4 is 11.7 Å². The van der Waals surface area contributed by atoms with Crippen LogP contribution in [-0.2, 0) is 4.79 Å². The first kappa shape index (κ1) is 11.9. The van der Waals surface area contributed by atoms with Crippen LogP contribution in [0.25, 0.3) is 0 Å². The highest BCUT2D eigenvalue weighted by Crippen LogP contribution is 1.87. The van der Waals surface area contributed by atoms with Gasteiger partial charge in [0, 0.05) is 6.54 Å². The van der Waals surface area contributed by atoms with E-state index in [0.29, 0.717) is 13.0 Å². The number of Topliss-reactive ketones (excluding diaryl/α,β-unsaturated/α-hetero) is 1. The lowest BCUT2D eigenvalue weighted by molar-refractivity contribution is -0.119. The molecule has 0 saturated carbocycles. The van der Waals surface area contributed by atoms with Crippen LogP contribution in [0.1, 0.15) is 6.42 Å². The summed E-state index contributed by atoms with van der Waals surface area (Å²) >= 11 is 0. The molecule has 0 aliphatic carbocycles. The molecule has 0 aliphatic heterocycles. The van der Waals surface area contributed by atoms with Crippen molar-refractivity contribution in [1.82, 2.24) is 10.6 Å². The van der Waals surface area contributed by atoms with E-state index in [1.165, 1.54) is 0 Å². The van der Waals surface area contributed by atoms with Gasteiger partial charge in [-0.2, -0.15) is 0 Å². The molecule has 0 aromatic carbocycles. The van der Waals surface area contributed by atoms with Crippen molar-refractivity contribution < 1.29 is 4.79 Å². The molecule has 0 bridgehead atoms. The molecule has 0 saturated heterocycles. The Hall–Kier alpha value is -1.14. The molecule has 0 fully saturated rings. The van der Waals surface area contributed by atoms with Crippen LogP contribution in [0.2, 0.25) is 0 Å². The van der Waals surface area contributed by atoms with Gasteiger partial charge in [0.2, 0.25) is 0 Å². The Morgan fingerprint density at radius 3 is 2.69 bits per heavy atom. The molecule has 13 heavy (non-hydrogen) atoms. The summed E-state index contributed by atoms with van der Waals surface area (Å²) in [6.07, 6.45) is 0.486. The Morgan fingerprint density at radius 1 is 1.62 bits per heavy atom. The van der Waals surface area contributed by atoms with Crippen molar-refractivity contribution in [3.63, 3.8) is 0 Å². The zero-order valence-corrected chi connectivity index (χ0v) is 7.76. The summed E-state index contributed by atoms with van der Waals surface area (Å²) in [6, 6.07) is -0.487. The second-order valence-corrected chi connectivity index (χ2v) is 2.73. The van der Waals surface area contributed by atoms with Gasteiger partial charge in [-0.1, -0.05) is 0 Å². The Labute approximate surface area is 77.6 Å². The zero-order valence-electron chi connectivity index (χ0n) is 7.76. The number of hydrogen-bond acceptors (Lipinski definition) is 4. The van der Waals surface area contributed by atoms with Gasteiger partial charge >= 0.3 is 0 Å². The molecule has 0 rings (SSSR count). The maximum absolute atomic E-state index is 11.1. The first-order chi connectivity index (χ1) is 6.07. The molecule has 0 unspecified atom stereocenters. The van der Waals surface area contributed by atoms with Crippen LogP contribution < -0.4 is 22.1 Å². The van der Waals surface area contributed by atoms with Crippen molar-refractivity contribution in [3.8, 4) is 0 Å². The molecule has 6 heteroatoms. The van der Waals surface area contributed by atoms with Gasteiger partial charge in [0.1, 0.15) is 0 Å². The standard InChI is InChI=1S/C7H17N5O/c1-11-4-6(13)5(8)2-3-12-7(9)10/h5,11H,2-4,8H2,1H3,(H4,9,10,12)/t5-/m1/s1. The average Bonchev–Trinajstić information content (AvgIpc) is 2.04. The fourth-order valence-corrected chi connectivity index (χ4v) is 0.829. The second kappa shape index (κ2) is 6.38. The molecule has 76 valence electrons. The van der Waals surface area contributed by atoms with Gasteiger partial charge in [-0.05, 0) is 13.5 Å². The molecule has 0 aromatic heterocycles. The molecule has 0 spiro atoms. The van der Waals surface area contributed by atoms with Crippen LogP contribution in [0.3, 0.4) is 0 Å². The molecular formula is C7H17N5O. The number of hydrogen-bond donors (Lipinski definition) is 5. The first-order valence-corrected chi connectivity index (χ1v) is 4.08. The number of nitrogens with two attached hydrogens (primary N) is 2. The lowest BCUT2D eigenvalue weighted by Gasteiger charge is -2.10. The quantitative estimate of drug-likeness (QED) is 0.243. The maximum atomic E-state index is 11.1. The summed E-state index contributed by atoms with van der Waals surface area (Å²) < 4.78 is 0. The van der Waals surface area contributed by atoms with Crippen molar-refractivity contribution in [2.45, 2.75) is 12.5 Å². The second-order valence-electron chi connectivity index (χ2n) is 2.73. The third-order valence-corrected chi connectivity index (χ3v) is 1.54. The van der Waals surface area contributed by atoms with Gasteiger partial charge in [-0.15, -0.1) is 0 Å². The number of ketones is 1. The van der Waals surface area contributed by atoms with Gasteiger partial charge < -0.3 is 22.1 Å². The number of rotatable bonds is 6. The molecule has 7 N–H and O–H groups in total. The molecule has 6 nitrogen and oxygen atoms in total. The number of likely N-dealkylation sites (N-methyl/N-ethyl adjacent to an activating group) is 1. The van der Waals surface area contributed by atoms with Crippen molar-refractivity contribution in [1.29, 1.82) is 5.41 Å². The monoisotopic (exact) mass is 187 g/mol. The van der Waals surface area contributed by atoms with E-state index in [1.54, 1.807) is 7.05 Å². The number of guanidine groups is 1. The molecule has 0 amide bonds. The lowest BCUT2D eigenvalue weighted by Crippen LogP contribution is -2.40. The normalized spacial score (nSPS) is 12.2. The van der Waals surface area contributed by atoms with E-state index in [2.05, 4.69) is 10.6 Å². The van der Waals surface area contributed by atoms with E-state index in [4.69, 9.17) is 16.9 Å². The predicted octanol–water partition coefficient (Wildman–Crippen LogP) is -2.02. The number of nitrogens with one attached hydrogen (secondary N) is 3. The lowest BCUT2D eigenvalue weighted by atomic mass is 10.1. The molecule has 1 atom stereocenters. The van der Waals surface area contributed by atoms with Crippen LogP contribution in [0.15, 0.2) is 0 Å². The largest absolute Gasteiger partial charge is 0.370 e. The van der Waals surface area contributed by atoms with Crippen LogP contribution >= 0.6 is 0 Å². The van der Waals surface area contributed by atoms with E-state index < -0.39 is 6.04 Å². The Morgan fingerprint density at radius 2 is 2.23 bits per heavy atom. The zero-order chi connectivity index (χ0) is 10.3. The van der Waals surface area contributed by atoms with E-state index in [1.807, 2.05) is 0 Å². The third-order valence-electron chi connectivity index (χ3n) is 1.54. The number of carbonyl (C=O) groups excluding carboxylic acids is 1. The van der Waals surface area contributed by atoms with Gasteiger partial charge in [0.05, 0.1) is 12.6 Å². The van der Waals surface area contributed by atoms with Gasteiger partial charge in [0.15, 0.2) is 11.7 Å². The molecule has 0 aliphatic rings. The molecule has 0 aromatic rings. The highest BCUT2D eigenvalue weighted by atomic mass is 16.1. The number of carbonyl (C=O) groups is 1. The minimum Gasteiger partial charge on any atom is -0.370 e. The van der Waals surface area contributed by atoms with Crippen LogP contribution in [0.5, 0.6) is 0 Å². The third kappa shape index (κ3) is 6.06. The minimum atomic E-state index is -0.487.